The molecular formula is C17H34N4O2S2. The highest BCUT2D eigenvalue weighted by molar-refractivity contribution is 7.99. The fourth-order valence-corrected chi connectivity index (χ4v) is 5.37. The predicted molar refractivity (Wildman–Crippen MR) is 108 cm³/mol. The Hall–Kier alpha value is -0.470. The van der Waals surface area contributed by atoms with E-state index in [2.05, 4.69) is 27.3 Å². The first-order valence-corrected chi connectivity index (χ1v) is 12.4. The molecule has 0 aromatic rings. The zero-order valence-electron chi connectivity index (χ0n) is 15.6. The Labute approximate surface area is 157 Å². The summed E-state index contributed by atoms with van der Waals surface area (Å²) in [6, 6.07) is 0.440. The van der Waals surface area contributed by atoms with Crippen LogP contribution in [0.25, 0.3) is 0 Å². The maximum atomic E-state index is 12.0. The molecule has 0 radical (unpaired) electrons. The lowest BCUT2D eigenvalue weighted by molar-refractivity contribution is 0.316. The van der Waals surface area contributed by atoms with Gasteiger partial charge in [-0.15, -0.1) is 0 Å². The highest BCUT2D eigenvalue weighted by atomic mass is 32.2. The molecule has 0 aromatic carbocycles. The molecule has 146 valence electrons. The van der Waals surface area contributed by atoms with Gasteiger partial charge in [0, 0.05) is 24.4 Å². The molecule has 0 spiro atoms. The van der Waals surface area contributed by atoms with Gasteiger partial charge >= 0.3 is 0 Å². The van der Waals surface area contributed by atoms with Crippen LogP contribution in [0.4, 0.5) is 0 Å². The molecule has 8 heteroatoms. The van der Waals surface area contributed by atoms with E-state index < -0.39 is 10.0 Å². The molecule has 25 heavy (non-hydrogen) atoms. The van der Waals surface area contributed by atoms with Crippen LogP contribution >= 0.6 is 11.8 Å². The number of sulfonamides is 1. The predicted octanol–water partition coefficient (Wildman–Crippen LogP) is 1.94. The second kappa shape index (κ2) is 10.6. The van der Waals surface area contributed by atoms with Gasteiger partial charge in [0.25, 0.3) is 0 Å². The summed E-state index contributed by atoms with van der Waals surface area (Å²) in [5.74, 6) is 2.49. The van der Waals surface area contributed by atoms with Gasteiger partial charge < -0.3 is 10.6 Å². The van der Waals surface area contributed by atoms with E-state index in [1.807, 2.05) is 18.7 Å². The van der Waals surface area contributed by atoms with Crippen LogP contribution in [0.1, 0.15) is 52.4 Å². The van der Waals surface area contributed by atoms with Crippen molar-refractivity contribution in [3.05, 3.63) is 0 Å². The zero-order chi connectivity index (χ0) is 18.1. The Morgan fingerprint density at radius 3 is 2.64 bits per heavy atom. The monoisotopic (exact) mass is 390 g/mol. The molecule has 0 saturated heterocycles. The molecule has 2 unspecified atom stereocenters. The van der Waals surface area contributed by atoms with Gasteiger partial charge in [0.1, 0.15) is 0 Å². The first kappa shape index (κ1) is 20.8. The molecule has 2 rings (SSSR count). The fourth-order valence-electron chi connectivity index (χ4n) is 3.26. The Bertz CT molecular complexity index is 521. The van der Waals surface area contributed by atoms with Crippen molar-refractivity contribution in [3.63, 3.8) is 0 Å². The maximum Gasteiger partial charge on any atom is 0.213 e. The van der Waals surface area contributed by atoms with Crippen LogP contribution in [0.5, 0.6) is 0 Å². The quantitative estimate of drug-likeness (QED) is 0.392. The third kappa shape index (κ3) is 7.74. The van der Waals surface area contributed by atoms with Gasteiger partial charge in [-0.3, -0.25) is 4.99 Å². The van der Waals surface area contributed by atoms with Crippen molar-refractivity contribution in [2.45, 2.75) is 63.7 Å². The Morgan fingerprint density at radius 2 is 2.00 bits per heavy atom. The van der Waals surface area contributed by atoms with Crippen LogP contribution in [0.2, 0.25) is 0 Å². The second-order valence-electron chi connectivity index (χ2n) is 6.96. The van der Waals surface area contributed by atoms with Gasteiger partial charge in [-0.2, -0.15) is 11.8 Å². The van der Waals surface area contributed by atoms with Crippen molar-refractivity contribution < 1.29 is 8.42 Å². The van der Waals surface area contributed by atoms with Gasteiger partial charge in [0.15, 0.2) is 5.96 Å². The molecule has 6 nitrogen and oxygen atoms in total. The summed E-state index contributed by atoms with van der Waals surface area (Å²) in [6.45, 7) is 5.88. The van der Waals surface area contributed by atoms with Crippen LogP contribution in [-0.4, -0.2) is 56.8 Å². The van der Waals surface area contributed by atoms with Gasteiger partial charge in [-0.05, 0) is 50.7 Å². The molecule has 2 aliphatic rings. The normalized spacial score (nSPS) is 25.0. The van der Waals surface area contributed by atoms with Gasteiger partial charge in [0.2, 0.25) is 10.0 Å². The van der Waals surface area contributed by atoms with E-state index >= 15 is 0 Å². The summed E-state index contributed by atoms with van der Waals surface area (Å²) in [5.41, 5.74) is 0. The molecule has 2 aliphatic carbocycles. The molecule has 0 bridgehead atoms. The third-order valence-electron chi connectivity index (χ3n) is 4.92. The van der Waals surface area contributed by atoms with E-state index in [1.54, 1.807) is 0 Å². The number of guanidine groups is 1. The van der Waals surface area contributed by atoms with Gasteiger partial charge in [-0.1, -0.05) is 13.3 Å². The van der Waals surface area contributed by atoms with Crippen molar-refractivity contribution >= 4 is 27.7 Å². The lowest BCUT2D eigenvalue weighted by Crippen LogP contribution is -2.43. The minimum Gasteiger partial charge on any atom is -0.357 e. The molecule has 0 aromatic heterocycles. The number of thioether (sulfide) groups is 1. The summed E-state index contributed by atoms with van der Waals surface area (Å²) in [4.78, 5) is 4.46. The standard InChI is InChI=1S/C17H34N4O2S2/c1-3-18-17(21-15-8-9-16(12-15)24-4-2)19-10-11-25(22,23)20-13-14-6-5-7-14/h14-16,20H,3-13H2,1-2H3,(H2,18,19,21). The molecule has 2 fully saturated rings. The summed E-state index contributed by atoms with van der Waals surface area (Å²) in [6.07, 6.45) is 7.08. The smallest absolute Gasteiger partial charge is 0.213 e. The lowest BCUT2D eigenvalue weighted by Gasteiger charge is -2.25. The molecular weight excluding hydrogens is 356 g/mol. The summed E-state index contributed by atoms with van der Waals surface area (Å²) >= 11 is 2.03. The Kier molecular flexibility index (Phi) is 8.85. The second-order valence-corrected chi connectivity index (χ2v) is 10.5. The average molecular weight is 391 g/mol. The molecule has 2 saturated carbocycles. The number of aliphatic imine (C=N–C) groups is 1. The Balaban J connectivity index is 1.74. The van der Waals surface area contributed by atoms with E-state index in [9.17, 15) is 8.42 Å². The number of nitrogens with one attached hydrogen (secondary N) is 3. The lowest BCUT2D eigenvalue weighted by atomic mass is 9.86. The van der Waals surface area contributed by atoms with E-state index in [-0.39, 0.29) is 12.3 Å². The van der Waals surface area contributed by atoms with Crippen molar-refractivity contribution in [2.24, 2.45) is 10.9 Å². The first-order chi connectivity index (χ1) is 12.0. The summed E-state index contributed by atoms with van der Waals surface area (Å²) < 4.78 is 26.8. The molecule has 2 atom stereocenters. The number of nitrogens with zero attached hydrogens (tertiary/aromatic N) is 1. The van der Waals surface area contributed by atoms with Crippen LogP contribution in [0.15, 0.2) is 4.99 Å². The minimum atomic E-state index is -3.22. The van der Waals surface area contributed by atoms with Crippen molar-refractivity contribution in [3.8, 4) is 0 Å². The van der Waals surface area contributed by atoms with Crippen molar-refractivity contribution in [2.75, 3.05) is 31.1 Å². The minimum absolute atomic E-state index is 0.0509. The van der Waals surface area contributed by atoms with Crippen LogP contribution in [0, 0.1) is 5.92 Å². The van der Waals surface area contributed by atoms with E-state index in [1.165, 1.54) is 12.8 Å². The SMILES string of the molecule is CCNC(=NCCS(=O)(=O)NCC1CCC1)NC1CCC(SCC)C1. The first-order valence-electron chi connectivity index (χ1n) is 9.66. The molecule has 0 aliphatic heterocycles. The maximum absolute atomic E-state index is 12.0. The Morgan fingerprint density at radius 1 is 1.20 bits per heavy atom. The number of rotatable bonds is 10. The topological polar surface area (TPSA) is 82.6 Å². The molecule has 0 amide bonds. The van der Waals surface area contributed by atoms with Crippen LogP contribution in [-0.2, 0) is 10.0 Å². The summed E-state index contributed by atoms with van der Waals surface area (Å²) in [5, 5.41) is 7.44. The molecule has 3 N–H and O–H groups in total. The third-order valence-corrected chi connectivity index (χ3v) is 7.48. The summed E-state index contributed by atoms with van der Waals surface area (Å²) in [7, 11) is -3.22. The zero-order valence-corrected chi connectivity index (χ0v) is 17.2. The highest BCUT2D eigenvalue weighted by Crippen LogP contribution is 2.29. The largest absolute Gasteiger partial charge is 0.357 e. The highest BCUT2D eigenvalue weighted by Gasteiger charge is 2.25. The van der Waals surface area contributed by atoms with Gasteiger partial charge in [0.05, 0.1) is 12.3 Å². The van der Waals surface area contributed by atoms with Gasteiger partial charge in [-0.25, -0.2) is 13.1 Å². The fraction of sp³-hybridized carbons (Fsp3) is 0.941. The average Bonchev–Trinajstić information content (AvgIpc) is 2.93. The van der Waals surface area contributed by atoms with Crippen LogP contribution < -0.4 is 15.4 Å². The van der Waals surface area contributed by atoms with E-state index in [4.69, 9.17) is 0 Å². The van der Waals surface area contributed by atoms with Crippen LogP contribution in [0.3, 0.4) is 0 Å². The number of hydrogen-bond acceptors (Lipinski definition) is 4. The molecule has 0 heterocycles. The van der Waals surface area contributed by atoms with Crippen molar-refractivity contribution in [1.29, 1.82) is 0 Å². The van der Waals surface area contributed by atoms with Crippen molar-refractivity contribution in [1.82, 2.24) is 15.4 Å². The van der Waals surface area contributed by atoms with E-state index in [0.717, 1.165) is 49.2 Å². The number of hydrogen-bond donors (Lipinski definition) is 3. The van der Waals surface area contributed by atoms with E-state index in [0.29, 0.717) is 18.5 Å².